The molecule has 0 spiro atoms. The Bertz CT molecular complexity index is 506. The van der Waals surface area contributed by atoms with Crippen LogP contribution in [-0.2, 0) is 0 Å². The molecule has 2 heterocycles. The molecule has 7 nitrogen and oxygen atoms in total. The van der Waals surface area contributed by atoms with E-state index in [9.17, 15) is 4.79 Å². The van der Waals surface area contributed by atoms with Crippen LogP contribution in [0.3, 0.4) is 0 Å². The van der Waals surface area contributed by atoms with Crippen LogP contribution >= 0.6 is 0 Å². The first kappa shape index (κ1) is 10.1. The van der Waals surface area contributed by atoms with Gasteiger partial charge in [-0.15, -0.1) is 0 Å². The number of anilines is 2. The lowest BCUT2D eigenvalue weighted by molar-refractivity contribution is 0.102. The standard InChI is InChI=1S/C9H10N6O/c1-5-6(10)7(15-14-5)8(16)13-9-11-3-2-4-12-9/h2-4H,10H2,1H3,(H,14,15)(H,11,12,13,16). The van der Waals surface area contributed by atoms with Crippen molar-refractivity contribution in [2.75, 3.05) is 11.1 Å². The minimum Gasteiger partial charge on any atom is -0.395 e. The Morgan fingerprint density at radius 3 is 2.69 bits per heavy atom. The summed E-state index contributed by atoms with van der Waals surface area (Å²) in [5.74, 6) is -0.222. The van der Waals surface area contributed by atoms with Crippen LogP contribution < -0.4 is 11.1 Å². The molecule has 0 bridgehead atoms. The maximum absolute atomic E-state index is 11.7. The molecule has 16 heavy (non-hydrogen) atoms. The SMILES string of the molecule is Cc1[nH]nc(C(=O)Nc2ncccn2)c1N. The summed E-state index contributed by atoms with van der Waals surface area (Å²) >= 11 is 0. The van der Waals surface area contributed by atoms with Crippen molar-refractivity contribution in [2.45, 2.75) is 6.92 Å². The second-order valence-electron chi connectivity index (χ2n) is 3.14. The zero-order chi connectivity index (χ0) is 11.5. The molecule has 2 aromatic heterocycles. The lowest BCUT2D eigenvalue weighted by Gasteiger charge is -2.00. The topological polar surface area (TPSA) is 110 Å². The van der Waals surface area contributed by atoms with E-state index in [-0.39, 0.29) is 11.6 Å². The van der Waals surface area contributed by atoms with Gasteiger partial charge in [0.15, 0.2) is 5.69 Å². The Kier molecular flexibility index (Phi) is 2.50. The molecule has 2 rings (SSSR count). The fourth-order valence-corrected chi connectivity index (χ4v) is 1.14. The van der Waals surface area contributed by atoms with Crippen molar-refractivity contribution >= 4 is 17.5 Å². The number of hydrogen-bond acceptors (Lipinski definition) is 5. The first-order valence-corrected chi connectivity index (χ1v) is 4.57. The molecule has 0 aliphatic heterocycles. The zero-order valence-corrected chi connectivity index (χ0v) is 8.56. The van der Waals surface area contributed by atoms with Crippen molar-refractivity contribution in [2.24, 2.45) is 0 Å². The summed E-state index contributed by atoms with van der Waals surface area (Å²) in [6, 6.07) is 1.66. The minimum absolute atomic E-state index is 0.143. The molecule has 0 saturated carbocycles. The molecule has 0 saturated heterocycles. The summed E-state index contributed by atoms with van der Waals surface area (Å²) in [5.41, 5.74) is 6.78. The lowest BCUT2D eigenvalue weighted by atomic mass is 10.3. The number of aryl methyl sites for hydroxylation is 1. The van der Waals surface area contributed by atoms with Crippen LogP contribution in [-0.4, -0.2) is 26.1 Å². The highest BCUT2D eigenvalue weighted by molar-refractivity contribution is 6.05. The Balaban J connectivity index is 2.18. The molecule has 0 aliphatic rings. The number of amides is 1. The Labute approximate surface area is 91.1 Å². The molecule has 0 atom stereocenters. The maximum Gasteiger partial charge on any atom is 0.280 e. The van der Waals surface area contributed by atoms with E-state index in [1.54, 1.807) is 13.0 Å². The van der Waals surface area contributed by atoms with Gasteiger partial charge in [-0.1, -0.05) is 0 Å². The Morgan fingerprint density at radius 2 is 2.12 bits per heavy atom. The first-order chi connectivity index (χ1) is 7.68. The van der Waals surface area contributed by atoms with E-state index in [2.05, 4.69) is 25.5 Å². The number of hydrogen-bond donors (Lipinski definition) is 3. The predicted molar refractivity (Wildman–Crippen MR) is 57.7 cm³/mol. The van der Waals surface area contributed by atoms with E-state index in [0.717, 1.165) is 0 Å². The van der Waals surface area contributed by atoms with Gasteiger partial charge in [0.2, 0.25) is 5.95 Å². The Morgan fingerprint density at radius 1 is 1.44 bits per heavy atom. The van der Waals surface area contributed by atoms with Gasteiger partial charge in [0, 0.05) is 12.4 Å². The highest BCUT2D eigenvalue weighted by Crippen LogP contribution is 2.13. The molecule has 4 N–H and O–H groups in total. The normalized spacial score (nSPS) is 10.1. The molecule has 0 aromatic carbocycles. The number of nitrogens with one attached hydrogen (secondary N) is 2. The average molecular weight is 218 g/mol. The highest BCUT2D eigenvalue weighted by Gasteiger charge is 2.15. The van der Waals surface area contributed by atoms with Crippen LogP contribution in [0.4, 0.5) is 11.6 Å². The number of nitrogens with two attached hydrogens (primary N) is 1. The summed E-state index contributed by atoms with van der Waals surface area (Å²) < 4.78 is 0. The molecule has 82 valence electrons. The molecule has 0 radical (unpaired) electrons. The van der Waals surface area contributed by atoms with Crippen LogP contribution in [0.2, 0.25) is 0 Å². The van der Waals surface area contributed by atoms with Crippen molar-refractivity contribution in [3.05, 3.63) is 29.8 Å². The molecular formula is C9H10N6O. The number of carbonyl (C=O) groups excluding carboxylic acids is 1. The minimum atomic E-state index is -0.437. The van der Waals surface area contributed by atoms with Gasteiger partial charge in [0.1, 0.15) is 0 Å². The molecule has 0 aliphatic carbocycles. The molecule has 0 fully saturated rings. The van der Waals surface area contributed by atoms with E-state index in [1.807, 2.05) is 0 Å². The molecule has 1 amide bonds. The summed E-state index contributed by atoms with van der Waals surface area (Å²) in [7, 11) is 0. The number of aromatic amines is 1. The van der Waals surface area contributed by atoms with E-state index in [1.165, 1.54) is 12.4 Å². The predicted octanol–water partition coefficient (Wildman–Crippen LogP) is 0.343. The van der Waals surface area contributed by atoms with E-state index >= 15 is 0 Å². The fourth-order valence-electron chi connectivity index (χ4n) is 1.14. The molecule has 0 unspecified atom stereocenters. The lowest BCUT2D eigenvalue weighted by Crippen LogP contribution is -2.16. The Hall–Kier alpha value is -2.44. The van der Waals surface area contributed by atoms with Crippen LogP contribution in [0, 0.1) is 6.92 Å². The summed E-state index contributed by atoms with van der Waals surface area (Å²) in [6.07, 6.45) is 3.06. The smallest absolute Gasteiger partial charge is 0.280 e. The van der Waals surface area contributed by atoms with Crippen molar-refractivity contribution in [1.29, 1.82) is 0 Å². The van der Waals surface area contributed by atoms with Gasteiger partial charge in [-0.2, -0.15) is 5.10 Å². The van der Waals surface area contributed by atoms with Crippen LogP contribution in [0.1, 0.15) is 16.2 Å². The van der Waals surface area contributed by atoms with Gasteiger partial charge in [-0.05, 0) is 13.0 Å². The van der Waals surface area contributed by atoms with Crippen molar-refractivity contribution in [3.8, 4) is 0 Å². The number of rotatable bonds is 2. The third-order valence-corrected chi connectivity index (χ3v) is 2.00. The van der Waals surface area contributed by atoms with Crippen LogP contribution in [0.15, 0.2) is 18.5 Å². The van der Waals surface area contributed by atoms with Crippen molar-refractivity contribution in [1.82, 2.24) is 20.2 Å². The first-order valence-electron chi connectivity index (χ1n) is 4.57. The average Bonchev–Trinajstić information content (AvgIpc) is 2.61. The van der Waals surface area contributed by atoms with Gasteiger partial charge in [-0.25, -0.2) is 9.97 Å². The van der Waals surface area contributed by atoms with Crippen molar-refractivity contribution in [3.63, 3.8) is 0 Å². The maximum atomic E-state index is 11.7. The number of nitrogens with zero attached hydrogens (tertiary/aromatic N) is 3. The van der Waals surface area contributed by atoms with E-state index in [0.29, 0.717) is 11.4 Å². The van der Waals surface area contributed by atoms with E-state index in [4.69, 9.17) is 5.73 Å². The summed E-state index contributed by atoms with van der Waals surface area (Å²) in [6.45, 7) is 1.73. The van der Waals surface area contributed by atoms with Gasteiger partial charge in [0.05, 0.1) is 11.4 Å². The van der Waals surface area contributed by atoms with Crippen molar-refractivity contribution < 1.29 is 4.79 Å². The van der Waals surface area contributed by atoms with Crippen LogP contribution in [0.5, 0.6) is 0 Å². The fraction of sp³-hybridized carbons (Fsp3) is 0.111. The third kappa shape index (κ3) is 1.83. The summed E-state index contributed by atoms with van der Waals surface area (Å²) in [4.78, 5) is 19.4. The quantitative estimate of drug-likeness (QED) is 0.673. The number of aromatic nitrogens is 4. The molecule has 7 heteroatoms. The summed E-state index contributed by atoms with van der Waals surface area (Å²) in [5, 5.41) is 8.91. The van der Waals surface area contributed by atoms with Gasteiger partial charge in [0.25, 0.3) is 5.91 Å². The second-order valence-corrected chi connectivity index (χ2v) is 3.14. The molecular weight excluding hydrogens is 208 g/mol. The second kappa shape index (κ2) is 3.97. The monoisotopic (exact) mass is 218 g/mol. The highest BCUT2D eigenvalue weighted by atomic mass is 16.2. The number of nitrogen functional groups attached to an aromatic ring is 1. The van der Waals surface area contributed by atoms with Crippen LogP contribution in [0.25, 0.3) is 0 Å². The number of H-pyrrole nitrogens is 1. The largest absolute Gasteiger partial charge is 0.395 e. The molecule has 2 aromatic rings. The number of carbonyl (C=O) groups is 1. The van der Waals surface area contributed by atoms with Gasteiger partial charge < -0.3 is 5.73 Å². The van der Waals surface area contributed by atoms with E-state index < -0.39 is 5.91 Å². The third-order valence-electron chi connectivity index (χ3n) is 2.00. The zero-order valence-electron chi connectivity index (χ0n) is 8.56. The van der Waals surface area contributed by atoms with Gasteiger partial charge >= 0.3 is 0 Å². The van der Waals surface area contributed by atoms with Gasteiger partial charge in [-0.3, -0.25) is 15.2 Å².